The lowest BCUT2D eigenvalue weighted by Gasteiger charge is -2.17. The number of fused-ring (bicyclic) bond motifs is 4. The molecule has 0 saturated heterocycles. The highest BCUT2D eigenvalue weighted by atomic mass is 127. The summed E-state index contributed by atoms with van der Waals surface area (Å²) in [6.45, 7) is 0.986. The third kappa shape index (κ3) is 8.57. The second kappa shape index (κ2) is 16.3. The van der Waals surface area contributed by atoms with Gasteiger partial charge in [0.1, 0.15) is 7.05 Å². The first kappa shape index (κ1) is 33.8. The molecule has 0 fully saturated rings. The SMILES string of the molecule is C[n+]1ccc2ncccc2c1.Cn1ccc2c(c1=O)CCCN2.Cn1ccc2ncccc2c1=O.[I-].c1cnc2ccncc2c1. The van der Waals surface area contributed by atoms with Crippen molar-refractivity contribution in [2.75, 3.05) is 11.9 Å². The number of anilines is 1. The van der Waals surface area contributed by atoms with Gasteiger partial charge >= 0.3 is 0 Å². The standard InChI is InChI=1S/C9H12N2O.C9H8N2O.C9H9N2.C8H6N2.HI/c2*1-11-6-4-8-7(9(11)12)3-2-5-10-8;1-11-6-4-9-8(7-11)3-2-5-10-9;1-2-7-6-9-5-3-8(7)10-4-1;/h4,6,10H,2-3,5H2,1H3;2-6H,1H3;2-7H,1H3;1-6H;1H/q;;+1;;/p-1. The van der Waals surface area contributed by atoms with Crippen molar-refractivity contribution in [1.29, 1.82) is 0 Å². The van der Waals surface area contributed by atoms with Gasteiger partial charge in [0.05, 0.1) is 27.3 Å². The average molecular weight is 727 g/mol. The Labute approximate surface area is 283 Å². The first-order valence-electron chi connectivity index (χ1n) is 14.6. The number of nitrogens with zero attached hydrogens (tertiary/aromatic N) is 7. The maximum atomic E-state index is 11.5. The molecule has 46 heavy (non-hydrogen) atoms. The third-order valence-electron chi connectivity index (χ3n) is 7.22. The van der Waals surface area contributed by atoms with Crippen LogP contribution in [0.15, 0.2) is 126 Å². The van der Waals surface area contributed by atoms with Gasteiger partial charge in [-0.05, 0) is 67.4 Å². The van der Waals surface area contributed by atoms with Gasteiger partial charge in [0.15, 0.2) is 12.4 Å². The minimum atomic E-state index is 0. The van der Waals surface area contributed by atoms with Gasteiger partial charge in [0, 0.05) is 86.7 Å². The van der Waals surface area contributed by atoms with Crippen molar-refractivity contribution >= 4 is 38.4 Å². The molecule has 8 rings (SSSR count). The van der Waals surface area contributed by atoms with Gasteiger partial charge in [-0.3, -0.25) is 29.5 Å². The Morgan fingerprint density at radius 1 is 0.739 bits per heavy atom. The van der Waals surface area contributed by atoms with Crippen molar-refractivity contribution in [1.82, 2.24) is 29.1 Å². The summed E-state index contributed by atoms with van der Waals surface area (Å²) in [6, 6.07) is 19.2. The quantitative estimate of drug-likeness (QED) is 0.186. The van der Waals surface area contributed by atoms with E-state index in [0.717, 1.165) is 52.6 Å². The van der Waals surface area contributed by atoms with Gasteiger partial charge in [0.2, 0.25) is 0 Å². The molecule has 0 aliphatic carbocycles. The molecule has 11 heteroatoms. The second-order valence-corrected chi connectivity index (χ2v) is 10.5. The summed E-state index contributed by atoms with van der Waals surface area (Å²) in [5.74, 6) is 0. The van der Waals surface area contributed by atoms with E-state index in [2.05, 4.69) is 37.5 Å². The van der Waals surface area contributed by atoms with Crippen molar-refractivity contribution in [3.8, 4) is 0 Å². The highest BCUT2D eigenvalue weighted by Crippen LogP contribution is 2.16. The summed E-state index contributed by atoms with van der Waals surface area (Å²) in [4.78, 5) is 39.4. The van der Waals surface area contributed by atoms with E-state index >= 15 is 0 Å². The van der Waals surface area contributed by atoms with E-state index in [9.17, 15) is 9.59 Å². The Hall–Kier alpha value is -5.04. The Bertz CT molecular complexity index is 2120. The van der Waals surface area contributed by atoms with Crippen molar-refractivity contribution in [3.05, 3.63) is 143 Å². The number of halogens is 1. The summed E-state index contributed by atoms with van der Waals surface area (Å²) in [5.41, 5.74) is 4.89. The smallest absolute Gasteiger partial charge is 0.259 e. The number of aryl methyl sites for hydroxylation is 3. The van der Waals surface area contributed by atoms with Crippen LogP contribution < -0.4 is 45.0 Å². The number of pyridine rings is 7. The van der Waals surface area contributed by atoms with Crippen LogP contribution in [-0.4, -0.2) is 35.6 Å². The second-order valence-electron chi connectivity index (χ2n) is 10.5. The molecule has 0 amide bonds. The number of aromatic nitrogens is 7. The van der Waals surface area contributed by atoms with Crippen LogP contribution >= 0.6 is 0 Å². The number of nitrogens with one attached hydrogen (secondary N) is 1. The van der Waals surface area contributed by atoms with Crippen LogP contribution in [0, 0.1) is 0 Å². The molecule has 8 heterocycles. The molecular weight excluding hydrogens is 691 g/mol. The lowest BCUT2D eigenvalue weighted by Crippen LogP contribution is -3.00. The van der Waals surface area contributed by atoms with E-state index in [1.54, 1.807) is 66.3 Å². The van der Waals surface area contributed by atoms with E-state index in [0.29, 0.717) is 5.39 Å². The van der Waals surface area contributed by atoms with Crippen LogP contribution in [0.2, 0.25) is 0 Å². The molecule has 0 radical (unpaired) electrons. The molecule has 7 aromatic heterocycles. The molecule has 0 unspecified atom stereocenters. The minimum absolute atomic E-state index is 0. The van der Waals surface area contributed by atoms with Crippen LogP contribution in [0.3, 0.4) is 0 Å². The van der Waals surface area contributed by atoms with E-state index < -0.39 is 0 Å². The Balaban J connectivity index is 0.000000138. The first-order chi connectivity index (χ1) is 21.9. The lowest BCUT2D eigenvalue weighted by molar-refractivity contribution is -0.670. The monoisotopic (exact) mass is 726 g/mol. The van der Waals surface area contributed by atoms with Crippen LogP contribution in [0.5, 0.6) is 0 Å². The molecule has 0 atom stereocenters. The lowest BCUT2D eigenvalue weighted by atomic mass is 10.1. The van der Waals surface area contributed by atoms with Gasteiger partial charge < -0.3 is 38.4 Å². The Kier molecular flexibility index (Phi) is 12.0. The summed E-state index contributed by atoms with van der Waals surface area (Å²) in [7, 11) is 5.53. The zero-order valence-corrected chi connectivity index (χ0v) is 28.1. The number of hydrogen-bond donors (Lipinski definition) is 1. The van der Waals surface area contributed by atoms with Crippen molar-refractivity contribution in [3.63, 3.8) is 0 Å². The fraction of sp³-hybridized carbons (Fsp3) is 0.171. The fourth-order valence-electron chi connectivity index (χ4n) is 4.79. The third-order valence-corrected chi connectivity index (χ3v) is 7.22. The molecular formula is C35H35IN8O2. The van der Waals surface area contributed by atoms with Crippen molar-refractivity contribution in [2.24, 2.45) is 21.1 Å². The van der Waals surface area contributed by atoms with E-state index in [4.69, 9.17) is 0 Å². The summed E-state index contributed by atoms with van der Waals surface area (Å²) in [6.07, 6.45) is 18.4. The minimum Gasteiger partial charge on any atom is -1.00 e. The molecule has 0 bridgehead atoms. The van der Waals surface area contributed by atoms with Crippen molar-refractivity contribution < 1.29 is 28.5 Å². The molecule has 234 valence electrons. The maximum Gasteiger partial charge on any atom is 0.259 e. The largest absolute Gasteiger partial charge is 1.00 e. The summed E-state index contributed by atoms with van der Waals surface area (Å²) in [5, 5.41) is 6.15. The molecule has 1 aliphatic rings. The van der Waals surface area contributed by atoms with Gasteiger partial charge in [0.25, 0.3) is 11.1 Å². The van der Waals surface area contributed by atoms with Gasteiger partial charge in [-0.15, -0.1) is 0 Å². The van der Waals surface area contributed by atoms with Crippen LogP contribution in [0.1, 0.15) is 12.0 Å². The number of rotatable bonds is 0. The predicted molar refractivity (Wildman–Crippen MR) is 178 cm³/mol. The zero-order chi connectivity index (χ0) is 31.6. The van der Waals surface area contributed by atoms with E-state index in [1.807, 2.05) is 72.7 Å². The van der Waals surface area contributed by atoms with Crippen LogP contribution in [0.4, 0.5) is 5.69 Å². The molecule has 1 aliphatic heterocycles. The van der Waals surface area contributed by atoms with Gasteiger partial charge in [-0.2, -0.15) is 0 Å². The molecule has 0 saturated carbocycles. The van der Waals surface area contributed by atoms with Gasteiger partial charge in [-0.25, -0.2) is 4.57 Å². The molecule has 1 N–H and O–H groups in total. The summed E-state index contributed by atoms with van der Waals surface area (Å²) >= 11 is 0. The summed E-state index contributed by atoms with van der Waals surface area (Å²) < 4.78 is 5.19. The molecule has 0 spiro atoms. The Morgan fingerprint density at radius 3 is 2.15 bits per heavy atom. The van der Waals surface area contributed by atoms with Crippen LogP contribution in [0.25, 0.3) is 32.7 Å². The Morgan fingerprint density at radius 2 is 1.39 bits per heavy atom. The van der Waals surface area contributed by atoms with Crippen LogP contribution in [-0.2, 0) is 27.6 Å². The van der Waals surface area contributed by atoms with Gasteiger partial charge in [-0.1, -0.05) is 0 Å². The topological polar surface area (TPSA) is 111 Å². The maximum absolute atomic E-state index is 11.5. The highest BCUT2D eigenvalue weighted by molar-refractivity contribution is 5.77. The highest BCUT2D eigenvalue weighted by Gasteiger charge is 2.11. The zero-order valence-electron chi connectivity index (χ0n) is 25.9. The predicted octanol–water partition coefficient (Wildman–Crippen LogP) is 1.37. The normalized spacial score (nSPS) is 11.3. The molecule has 10 nitrogen and oxygen atoms in total. The van der Waals surface area contributed by atoms with Crippen molar-refractivity contribution in [2.45, 2.75) is 12.8 Å². The average Bonchev–Trinajstić information content (AvgIpc) is 3.09. The molecule has 0 aromatic carbocycles. The van der Waals surface area contributed by atoms with E-state index in [1.165, 1.54) is 5.39 Å². The first-order valence-corrected chi connectivity index (χ1v) is 14.6. The number of hydrogen-bond acceptors (Lipinski definition) is 7. The molecule has 7 aromatic rings. The fourth-order valence-corrected chi connectivity index (χ4v) is 4.79. The van der Waals surface area contributed by atoms with E-state index in [-0.39, 0.29) is 35.1 Å².